The van der Waals surface area contributed by atoms with E-state index in [0.29, 0.717) is 12.8 Å². The maximum absolute atomic E-state index is 12.8. The van der Waals surface area contributed by atoms with E-state index >= 15 is 0 Å². The molecule has 7 heteroatoms. The number of nitrogens with zero attached hydrogens (tertiary/aromatic N) is 4. The lowest BCUT2D eigenvalue weighted by atomic mass is 9.86. The smallest absolute Gasteiger partial charge is 0.223 e. The van der Waals surface area contributed by atoms with Crippen LogP contribution in [0.15, 0.2) is 5.51 Å². The number of carbonyl (C=O) groups is 2. The van der Waals surface area contributed by atoms with Crippen molar-refractivity contribution >= 4 is 23.2 Å². The highest BCUT2D eigenvalue weighted by Crippen LogP contribution is 2.32. The minimum absolute atomic E-state index is 0.0616. The molecule has 2 amide bonds. The van der Waals surface area contributed by atoms with Gasteiger partial charge in [0.1, 0.15) is 0 Å². The SMILES string of the molecule is CCN1CCC2(CCC1=O)CN(C(=O)CCc1scnc1C)CCN2C. The van der Waals surface area contributed by atoms with Gasteiger partial charge in [-0.3, -0.25) is 14.5 Å². The highest BCUT2D eigenvalue weighted by atomic mass is 32.1. The standard InChI is InChI=1S/C19H30N4O2S/c1-4-22-10-9-19(8-7-18(22)25)13-23(12-11-21(19)3)17(24)6-5-16-15(2)20-14-26-16/h14H,4-13H2,1-3H3. The highest BCUT2D eigenvalue weighted by Gasteiger charge is 2.43. The molecule has 1 aromatic rings. The first-order valence-corrected chi connectivity index (χ1v) is 10.5. The van der Waals surface area contributed by atoms with Crippen LogP contribution in [0.3, 0.4) is 0 Å². The minimum atomic E-state index is -0.0616. The quantitative estimate of drug-likeness (QED) is 0.803. The summed E-state index contributed by atoms with van der Waals surface area (Å²) in [6.07, 6.45) is 3.69. The molecule has 0 bridgehead atoms. The Kier molecular flexibility index (Phi) is 5.97. The van der Waals surface area contributed by atoms with Crippen LogP contribution in [0.4, 0.5) is 0 Å². The van der Waals surface area contributed by atoms with Crippen LogP contribution in [-0.4, -0.2) is 76.8 Å². The van der Waals surface area contributed by atoms with E-state index in [1.807, 2.05) is 29.2 Å². The fraction of sp³-hybridized carbons (Fsp3) is 0.737. The fourth-order valence-corrected chi connectivity index (χ4v) is 4.97. The number of aryl methyl sites for hydroxylation is 2. The number of aromatic nitrogens is 1. The van der Waals surface area contributed by atoms with E-state index in [1.165, 1.54) is 4.88 Å². The summed E-state index contributed by atoms with van der Waals surface area (Å²) in [7, 11) is 2.15. The Hall–Kier alpha value is -1.47. The molecule has 0 radical (unpaired) electrons. The third kappa shape index (κ3) is 3.93. The summed E-state index contributed by atoms with van der Waals surface area (Å²) in [6, 6.07) is 0. The second-order valence-electron chi connectivity index (χ2n) is 7.55. The van der Waals surface area contributed by atoms with Gasteiger partial charge in [-0.15, -0.1) is 11.3 Å². The Morgan fingerprint density at radius 3 is 2.81 bits per heavy atom. The third-order valence-electron chi connectivity index (χ3n) is 6.15. The van der Waals surface area contributed by atoms with Crippen molar-refractivity contribution in [2.24, 2.45) is 0 Å². The van der Waals surface area contributed by atoms with Crippen molar-refractivity contribution in [1.29, 1.82) is 0 Å². The van der Waals surface area contributed by atoms with E-state index in [4.69, 9.17) is 0 Å². The molecule has 26 heavy (non-hydrogen) atoms. The Morgan fingerprint density at radius 1 is 1.31 bits per heavy atom. The molecule has 1 spiro atoms. The Bertz CT molecular complexity index is 662. The molecule has 2 saturated heterocycles. The Labute approximate surface area is 160 Å². The van der Waals surface area contributed by atoms with E-state index in [-0.39, 0.29) is 17.4 Å². The molecule has 2 aliphatic heterocycles. The van der Waals surface area contributed by atoms with Crippen LogP contribution in [0.25, 0.3) is 0 Å². The molecule has 0 aliphatic carbocycles. The summed E-state index contributed by atoms with van der Waals surface area (Å²) in [6.45, 7) is 8.02. The number of thiazole rings is 1. The molecule has 1 unspecified atom stereocenters. The summed E-state index contributed by atoms with van der Waals surface area (Å²) >= 11 is 1.63. The normalized spacial score (nSPS) is 25.0. The van der Waals surface area contributed by atoms with Gasteiger partial charge in [0.2, 0.25) is 11.8 Å². The minimum Gasteiger partial charge on any atom is -0.343 e. The lowest BCUT2D eigenvalue weighted by Crippen LogP contribution is -2.62. The molecule has 3 rings (SSSR count). The number of likely N-dealkylation sites (tertiary alicyclic amines) is 1. The van der Waals surface area contributed by atoms with Crippen LogP contribution in [0.5, 0.6) is 0 Å². The summed E-state index contributed by atoms with van der Waals surface area (Å²) in [4.78, 5) is 37.0. The Balaban J connectivity index is 1.64. The highest BCUT2D eigenvalue weighted by molar-refractivity contribution is 7.09. The van der Waals surface area contributed by atoms with Crippen LogP contribution >= 0.6 is 11.3 Å². The van der Waals surface area contributed by atoms with Gasteiger partial charge in [0.05, 0.1) is 11.2 Å². The van der Waals surface area contributed by atoms with Gasteiger partial charge in [-0.05, 0) is 40.2 Å². The van der Waals surface area contributed by atoms with E-state index in [9.17, 15) is 9.59 Å². The monoisotopic (exact) mass is 378 g/mol. The van der Waals surface area contributed by atoms with Gasteiger partial charge >= 0.3 is 0 Å². The van der Waals surface area contributed by atoms with Crippen molar-refractivity contribution in [2.75, 3.05) is 39.8 Å². The molecule has 0 aromatic carbocycles. The van der Waals surface area contributed by atoms with E-state index in [0.717, 1.165) is 57.7 Å². The second-order valence-corrected chi connectivity index (χ2v) is 8.48. The lowest BCUT2D eigenvalue weighted by molar-refractivity contribution is -0.136. The summed E-state index contributed by atoms with van der Waals surface area (Å²) in [5, 5.41) is 0. The largest absolute Gasteiger partial charge is 0.343 e. The van der Waals surface area contributed by atoms with Gasteiger partial charge < -0.3 is 9.80 Å². The van der Waals surface area contributed by atoms with Crippen LogP contribution in [0.1, 0.15) is 43.2 Å². The van der Waals surface area contributed by atoms with Crippen molar-refractivity contribution in [3.63, 3.8) is 0 Å². The van der Waals surface area contributed by atoms with E-state index in [1.54, 1.807) is 11.3 Å². The number of piperazine rings is 1. The number of rotatable bonds is 4. The first-order valence-electron chi connectivity index (χ1n) is 9.61. The molecule has 6 nitrogen and oxygen atoms in total. The average molecular weight is 379 g/mol. The zero-order valence-electron chi connectivity index (χ0n) is 16.2. The van der Waals surface area contributed by atoms with Gasteiger partial charge in [-0.2, -0.15) is 0 Å². The summed E-state index contributed by atoms with van der Waals surface area (Å²) < 4.78 is 0. The lowest BCUT2D eigenvalue weighted by Gasteiger charge is -2.49. The first-order chi connectivity index (χ1) is 12.4. The summed E-state index contributed by atoms with van der Waals surface area (Å²) in [5.41, 5.74) is 2.83. The van der Waals surface area contributed by atoms with Crippen molar-refractivity contribution < 1.29 is 9.59 Å². The maximum Gasteiger partial charge on any atom is 0.223 e. The van der Waals surface area contributed by atoms with Crippen LogP contribution in [-0.2, 0) is 16.0 Å². The van der Waals surface area contributed by atoms with Crippen LogP contribution in [0.2, 0.25) is 0 Å². The summed E-state index contributed by atoms with van der Waals surface area (Å²) in [5.74, 6) is 0.482. The van der Waals surface area contributed by atoms with Crippen LogP contribution in [0, 0.1) is 6.92 Å². The van der Waals surface area contributed by atoms with Gasteiger partial charge in [0.25, 0.3) is 0 Å². The van der Waals surface area contributed by atoms with Gasteiger partial charge in [0, 0.05) is 56.0 Å². The average Bonchev–Trinajstić information content (AvgIpc) is 2.97. The predicted molar refractivity (Wildman–Crippen MR) is 103 cm³/mol. The van der Waals surface area contributed by atoms with Crippen molar-refractivity contribution in [3.8, 4) is 0 Å². The molecule has 2 aliphatic rings. The van der Waals surface area contributed by atoms with Gasteiger partial charge in [-0.1, -0.05) is 0 Å². The molecule has 1 atom stereocenters. The number of hydrogen-bond donors (Lipinski definition) is 0. The van der Waals surface area contributed by atoms with Crippen LogP contribution < -0.4 is 0 Å². The molecule has 144 valence electrons. The van der Waals surface area contributed by atoms with E-state index < -0.39 is 0 Å². The zero-order chi connectivity index (χ0) is 18.7. The Morgan fingerprint density at radius 2 is 2.12 bits per heavy atom. The fourth-order valence-electron chi connectivity index (χ4n) is 4.19. The molecular formula is C19H30N4O2S. The topological polar surface area (TPSA) is 56.8 Å². The number of likely N-dealkylation sites (N-methyl/N-ethyl adjacent to an activating group) is 1. The van der Waals surface area contributed by atoms with Crippen molar-refractivity contribution in [2.45, 2.75) is 51.5 Å². The van der Waals surface area contributed by atoms with Crippen molar-refractivity contribution in [1.82, 2.24) is 19.7 Å². The molecule has 1 aromatic heterocycles. The molecule has 3 heterocycles. The van der Waals surface area contributed by atoms with Gasteiger partial charge in [-0.25, -0.2) is 4.98 Å². The molecular weight excluding hydrogens is 348 g/mol. The van der Waals surface area contributed by atoms with Gasteiger partial charge in [0.15, 0.2) is 0 Å². The number of amides is 2. The predicted octanol–water partition coefficient (Wildman–Crippen LogP) is 1.93. The molecule has 0 saturated carbocycles. The third-order valence-corrected chi connectivity index (χ3v) is 7.14. The molecule has 2 fully saturated rings. The van der Waals surface area contributed by atoms with E-state index in [2.05, 4.69) is 16.9 Å². The molecule has 0 N–H and O–H groups in total. The zero-order valence-corrected chi connectivity index (χ0v) is 17.0. The maximum atomic E-state index is 12.8. The second kappa shape index (κ2) is 8.05. The number of hydrogen-bond acceptors (Lipinski definition) is 5. The first kappa shape index (κ1) is 19.3. The van der Waals surface area contributed by atoms with Crippen molar-refractivity contribution in [3.05, 3.63) is 16.1 Å². The number of carbonyl (C=O) groups excluding carboxylic acids is 2.